The van der Waals surface area contributed by atoms with E-state index < -0.39 is 12.3 Å². The summed E-state index contributed by atoms with van der Waals surface area (Å²) in [6.07, 6.45) is -1.93. The topological polar surface area (TPSA) is 94.2 Å². The molecule has 146 valence electrons. The zero-order chi connectivity index (χ0) is 20.0. The van der Waals surface area contributed by atoms with Gasteiger partial charge in [0.15, 0.2) is 17.3 Å². The van der Waals surface area contributed by atoms with Gasteiger partial charge in [-0.15, -0.1) is 0 Å². The summed E-state index contributed by atoms with van der Waals surface area (Å²) in [7, 11) is 6.22. The van der Waals surface area contributed by atoms with Crippen molar-refractivity contribution in [1.82, 2.24) is 0 Å². The van der Waals surface area contributed by atoms with Crippen LogP contribution in [0.3, 0.4) is 0 Å². The smallest absolute Gasteiger partial charge is 0.203 e. The highest BCUT2D eigenvalue weighted by atomic mass is 16.5. The number of anilines is 1. The van der Waals surface area contributed by atoms with E-state index in [4.69, 9.17) is 19.9 Å². The largest absolute Gasteiger partial charge is 0.493 e. The van der Waals surface area contributed by atoms with Crippen LogP contribution in [0.4, 0.5) is 5.69 Å². The van der Waals surface area contributed by atoms with E-state index in [1.54, 1.807) is 24.1 Å². The number of nitrogens with two attached hydrogens (primary N) is 1. The van der Waals surface area contributed by atoms with Crippen LogP contribution < -0.4 is 24.8 Å². The molecule has 7 nitrogen and oxygen atoms in total. The molecule has 0 fully saturated rings. The molecule has 3 N–H and O–H groups in total. The molecule has 0 aliphatic heterocycles. The van der Waals surface area contributed by atoms with E-state index in [1.807, 2.05) is 30.3 Å². The summed E-state index contributed by atoms with van der Waals surface area (Å²) < 4.78 is 15.8. The first-order valence-corrected chi connectivity index (χ1v) is 8.47. The Morgan fingerprint density at radius 2 is 1.63 bits per heavy atom. The summed E-state index contributed by atoms with van der Waals surface area (Å²) in [5.74, 6) is 0.872. The van der Waals surface area contributed by atoms with Gasteiger partial charge in [-0.1, -0.05) is 18.2 Å². The first-order chi connectivity index (χ1) is 12.9. The third-order valence-corrected chi connectivity index (χ3v) is 4.39. The molecule has 0 aliphatic rings. The number of ketones is 1. The monoisotopic (exact) mass is 374 g/mol. The predicted molar refractivity (Wildman–Crippen MR) is 104 cm³/mol. The minimum atomic E-state index is -1.05. The van der Waals surface area contributed by atoms with Crippen molar-refractivity contribution in [2.75, 3.05) is 33.3 Å². The van der Waals surface area contributed by atoms with Gasteiger partial charge in [-0.05, 0) is 24.3 Å². The van der Waals surface area contributed by atoms with Crippen molar-refractivity contribution in [3.63, 3.8) is 0 Å². The first-order valence-electron chi connectivity index (χ1n) is 8.47. The van der Waals surface area contributed by atoms with Crippen LogP contribution in [-0.2, 0) is 0 Å². The second kappa shape index (κ2) is 9.25. The molecular weight excluding hydrogens is 348 g/mol. The molecule has 2 aromatic rings. The molecule has 0 bridgehead atoms. The maximum absolute atomic E-state index is 12.7. The highest BCUT2D eigenvalue weighted by Crippen LogP contribution is 2.38. The molecule has 0 radical (unpaired) electrons. The van der Waals surface area contributed by atoms with Crippen LogP contribution in [0.2, 0.25) is 0 Å². The lowest BCUT2D eigenvalue weighted by atomic mass is 10.0. The summed E-state index contributed by atoms with van der Waals surface area (Å²) in [4.78, 5) is 14.4. The highest BCUT2D eigenvalue weighted by molar-refractivity contribution is 5.97. The van der Waals surface area contributed by atoms with Crippen LogP contribution in [-0.4, -0.2) is 51.5 Å². The number of para-hydroxylation sites is 1. The van der Waals surface area contributed by atoms with Crippen LogP contribution >= 0.6 is 0 Å². The molecule has 2 atom stereocenters. The van der Waals surface area contributed by atoms with Crippen molar-refractivity contribution in [1.29, 1.82) is 0 Å². The van der Waals surface area contributed by atoms with Gasteiger partial charge in [0.1, 0.15) is 6.17 Å². The number of benzene rings is 2. The molecule has 27 heavy (non-hydrogen) atoms. The van der Waals surface area contributed by atoms with E-state index in [2.05, 4.69) is 0 Å². The van der Waals surface area contributed by atoms with Crippen molar-refractivity contribution in [2.24, 2.45) is 5.73 Å². The van der Waals surface area contributed by atoms with E-state index in [1.165, 1.54) is 21.3 Å². The Bertz CT molecular complexity index is 741. The molecule has 0 spiro atoms. The molecular formula is C20H26N2O5. The van der Waals surface area contributed by atoms with Gasteiger partial charge < -0.3 is 30.0 Å². The maximum Gasteiger partial charge on any atom is 0.203 e. The van der Waals surface area contributed by atoms with Crippen LogP contribution in [0.25, 0.3) is 0 Å². The lowest BCUT2D eigenvalue weighted by molar-refractivity contribution is 0.0835. The number of rotatable bonds is 9. The normalized spacial score (nSPS) is 12.8. The Labute approximate surface area is 159 Å². The van der Waals surface area contributed by atoms with Crippen LogP contribution in [0.15, 0.2) is 42.5 Å². The molecule has 0 saturated carbocycles. The van der Waals surface area contributed by atoms with Gasteiger partial charge in [-0.2, -0.15) is 0 Å². The molecule has 2 unspecified atom stereocenters. The Morgan fingerprint density at radius 1 is 1.07 bits per heavy atom. The third kappa shape index (κ3) is 4.69. The molecule has 2 rings (SSSR count). The van der Waals surface area contributed by atoms with E-state index in [0.717, 1.165) is 5.69 Å². The van der Waals surface area contributed by atoms with Gasteiger partial charge in [0, 0.05) is 24.7 Å². The molecule has 2 aromatic carbocycles. The fraction of sp³-hybridized carbons (Fsp3) is 0.350. The summed E-state index contributed by atoms with van der Waals surface area (Å²) >= 11 is 0. The molecule has 0 heterocycles. The lowest BCUT2D eigenvalue weighted by Gasteiger charge is -2.30. The SMILES string of the molecule is COc1cc(C(=O)CC(O)C(N)N(C)c2ccccc2)cc(OC)c1OC. The highest BCUT2D eigenvalue weighted by Gasteiger charge is 2.24. The Hall–Kier alpha value is -2.77. The number of nitrogens with zero attached hydrogens (tertiary/aromatic N) is 1. The Balaban J connectivity index is 2.16. The number of carbonyl (C=O) groups excluding carboxylic acids is 1. The number of aliphatic hydroxyl groups excluding tert-OH is 1. The van der Waals surface area contributed by atoms with Crippen LogP contribution in [0.1, 0.15) is 16.8 Å². The summed E-state index contributed by atoms with van der Waals surface area (Å²) in [6, 6.07) is 12.5. The quantitative estimate of drug-likeness (QED) is 0.512. The van der Waals surface area contributed by atoms with E-state index in [0.29, 0.717) is 22.8 Å². The number of hydrogen-bond acceptors (Lipinski definition) is 7. The maximum atomic E-state index is 12.7. The van der Waals surface area contributed by atoms with Gasteiger partial charge in [0.25, 0.3) is 0 Å². The lowest BCUT2D eigenvalue weighted by Crippen LogP contribution is -2.49. The number of Topliss-reactive ketones (excluding diaryl/α,β-unsaturated/α-hetero) is 1. The number of methoxy groups -OCH3 is 3. The molecule has 0 aromatic heterocycles. The minimum Gasteiger partial charge on any atom is -0.493 e. The summed E-state index contributed by atoms with van der Waals surface area (Å²) in [6.45, 7) is 0. The fourth-order valence-electron chi connectivity index (χ4n) is 2.76. The van der Waals surface area contributed by atoms with Gasteiger partial charge >= 0.3 is 0 Å². The average molecular weight is 374 g/mol. The Morgan fingerprint density at radius 3 is 2.11 bits per heavy atom. The summed E-state index contributed by atoms with van der Waals surface area (Å²) in [5, 5.41) is 10.5. The number of ether oxygens (including phenoxy) is 3. The van der Waals surface area contributed by atoms with Crippen molar-refractivity contribution in [3.8, 4) is 17.2 Å². The third-order valence-electron chi connectivity index (χ3n) is 4.39. The Kier molecular flexibility index (Phi) is 7.04. The second-order valence-corrected chi connectivity index (χ2v) is 6.05. The van der Waals surface area contributed by atoms with Gasteiger partial charge in [0.2, 0.25) is 5.75 Å². The van der Waals surface area contributed by atoms with E-state index in [-0.39, 0.29) is 12.2 Å². The zero-order valence-corrected chi connectivity index (χ0v) is 16.0. The van der Waals surface area contributed by atoms with Crippen molar-refractivity contribution in [2.45, 2.75) is 18.7 Å². The van der Waals surface area contributed by atoms with Gasteiger partial charge in [-0.3, -0.25) is 4.79 Å². The second-order valence-electron chi connectivity index (χ2n) is 6.05. The number of likely N-dealkylation sites (N-methyl/N-ethyl adjacent to an activating group) is 1. The summed E-state index contributed by atoms with van der Waals surface area (Å²) in [5.41, 5.74) is 7.33. The number of aliphatic hydroxyl groups is 1. The van der Waals surface area contributed by atoms with Gasteiger partial charge in [-0.25, -0.2) is 0 Å². The molecule has 0 aliphatic carbocycles. The first kappa shape index (κ1) is 20.5. The molecule has 7 heteroatoms. The van der Waals surface area contributed by atoms with Crippen molar-refractivity contribution in [3.05, 3.63) is 48.0 Å². The fourth-order valence-corrected chi connectivity index (χ4v) is 2.76. The average Bonchev–Trinajstić information content (AvgIpc) is 2.71. The number of carbonyl (C=O) groups is 1. The van der Waals surface area contributed by atoms with Crippen LogP contribution in [0, 0.1) is 0 Å². The van der Waals surface area contributed by atoms with E-state index in [9.17, 15) is 9.90 Å². The molecule has 0 saturated heterocycles. The number of hydrogen-bond donors (Lipinski definition) is 2. The van der Waals surface area contributed by atoms with Crippen LogP contribution in [0.5, 0.6) is 17.2 Å². The van der Waals surface area contributed by atoms with E-state index >= 15 is 0 Å². The molecule has 0 amide bonds. The minimum absolute atomic E-state index is 0.142. The van der Waals surface area contributed by atoms with Crippen molar-refractivity contribution < 1.29 is 24.1 Å². The predicted octanol–water partition coefficient (Wildman–Crippen LogP) is 2.07. The van der Waals surface area contributed by atoms with Gasteiger partial charge in [0.05, 0.1) is 27.4 Å². The zero-order valence-electron chi connectivity index (χ0n) is 16.0. The standard InChI is InChI=1S/C20H26N2O5/c1-22(14-8-6-5-7-9-14)20(21)16(24)12-15(23)13-10-17(25-2)19(27-4)18(11-13)26-3/h5-11,16,20,24H,12,21H2,1-4H3. The van der Waals surface area contributed by atoms with Crippen molar-refractivity contribution >= 4 is 11.5 Å².